The highest BCUT2D eigenvalue weighted by Crippen LogP contribution is 2.28. The van der Waals surface area contributed by atoms with E-state index in [9.17, 15) is 10.1 Å². The van der Waals surface area contributed by atoms with E-state index in [2.05, 4.69) is 16.4 Å². The number of nitrogens with one attached hydrogen (secondary N) is 1. The Morgan fingerprint density at radius 2 is 2.08 bits per heavy atom. The highest BCUT2D eigenvalue weighted by molar-refractivity contribution is 5.94. The lowest BCUT2D eigenvalue weighted by molar-refractivity contribution is 0.0718. The van der Waals surface area contributed by atoms with Crippen LogP contribution < -0.4 is 5.32 Å². The number of carbonyl (C=O) groups is 1. The van der Waals surface area contributed by atoms with Gasteiger partial charge in [-0.05, 0) is 25.0 Å². The van der Waals surface area contributed by atoms with Gasteiger partial charge in [0.15, 0.2) is 0 Å². The number of furan rings is 1. The number of rotatable bonds is 3. The maximum absolute atomic E-state index is 12.4. The van der Waals surface area contributed by atoms with E-state index in [1.807, 2.05) is 29.2 Å². The third-order valence-corrected chi connectivity index (χ3v) is 4.79. The summed E-state index contributed by atoms with van der Waals surface area (Å²) in [4.78, 5) is 18.6. The summed E-state index contributed by atoms with van der Waals surface area (Å²) in [7, 11) is 0. The van der Waals surface area contributed by atoms with Gasteiger partial charge in [0.25, 0.3) is 5.91 Å². The number of nitrogens with zero attached hydrogens (tertiary/aromatic N) is 3. The molecule has 1 aliphatic rings. The van der Waals surface area contributed by atoms with Crippen LogP contribution in [0, 0.1) is 11.3 Å². The summed E-state index contributed by atoms with van der Waals surface area (Å²) in [6.07, 6.45) is 6.26. The zero-order valence-electron chi connectivity index (χ0n) is 14.2. The summed E-state index contributed by atoms with van der Waals surface area (Å²) in [5, 5.41) is 13.9. The number of piperidine rings is 1. The summed E-state index contributed by atoms with van der Waals surface area (Å²) in [5.74, 6) is 0.00396. The number of nitriles is 1. The van der Waals surface area contributed by atoms with Gasteiger partial charge in [0.05, 0.1) is 28.6 Å². The van der Waals surface area contributed by atoms with Crippen molar-refractivity contribution in [3.63, 3.8) is 0 Å². The van der Waals surface area contributed by atoms with Crippen LogP contribution in [-0.2, 0) is 0 Å². The molecule has 0 unspecified atom stereocenters. The average molecular weight is 346 g/mol. The molecule has 0 spiro atoms. The standard InChI is InChI=1S/C20H18N4O2/c21-11-15-12-22-18-4-2-1-3-17(18)19(15)23-16-5-8-24(9-6-16)20(25)14-7-10-26-13-14/h1-4,7,10,12-13,16H,5-6,8-9H2,(H,22,23). The summed E-state index contributed by atoms with van der Waals surface area (Å²) in [6, 6.07) is 11.9. The number of anilines is 1. The fourth-order valence-electron chi connectivity index (χ4n) is 3.38. The van der Waals surface area contributed by atoms with Crippen LogP contribution in [0.3, 0.4) is 0 Å². The third-order valence-electron chi connectivity index (χ3n) is 4.79. The summed E-state index contributed by atoms with van der Waals surface area (Å²) >= 11 is 0. The van der Waals surface area contributed by atoms with Crippen molar-refractivity contribution in [1.29, 1.82) is 5.26 Å². The first kappa shape index (κ1) is 16.2. The highest BCUT2D eigenvalue weighted by atomic mass is 16.3. The topological polar surface area (TPSA) is 82.2 Å². The number of amides is 1. The van der Waals surface area contributed by atoms with E-state index in [4.69, 9.17) is 4.42 Å². The monoisotopic (exact) mass is 346 g/mol. The zero-order valence-corrected chi connectivity index (χ0v) is 14.2. The van der Waals surface area contributed by atoms with Gasteiger partial charge >= 0.3 is 0 Å². The van der Waals surface area contributed by atoms with Crippen LogP contribution in [0.1, 0.15) is 28.8 Å². The predicted octanol–water partition coefficient (Wildman–Crippen LogP) is 3.42. The highest BCUT2D eigenvalue weighted by Gasteiger charge is 2.25. The molecule has 4 rings (SSSR count). The second kappa shape index (κ2) is 6.89. The lowest BCUT2D eigenvalue weighted by atomic mass is 10.0. The molecule has 1 aromatic carbocycles. The first-order chi connectivity index (χ1) is 12.8. The Labute approximate surface area is 151 Å². The van der Waals surface area contributed by atoms with Crippen LogP contribution in [0.15, 0.2) is 53.5 Å². The second-order valence-corrected chi connectivity index (χ2v) is 6.40. The number of benzene rings is 1. The van der Waals surface area contributed by atoms with Crippen LogP contribution in [0.2, 0.25) is 0 Å². The minimum Gasteiger partial charge on any atom is -0.472 e. The van der Waals surface area contributed by atoms with E-state index >= 15 is 0 Å². The van der Waals surface area contributed by atoms with Crippen LogP contribution >= 0.6 is 0 Å². The van der Waals surface area contributed by atoms with E-state index in [-0.39, 0.29) is 11.9 Å². The van der Waals surface area contributed by atoms with Crippen molar-refractivity contribution in [3.05, 3.63) is 60.2 Å². The van der Waals surface area contributed by atoms with Gasteiger partial charge in [-0.2, -0.15) is 5.26 Å². The lowest BCUT2D eigenvalue weighted by Crippen LogP contribution is -2.42. The maximum atomic E-state index is 12.4. The van der Waals surface area contributed by atoms with E-state index in [1.54, 1.807) is 12.3 Å². The van der Waals surface area contributed by atoms with Gasteiger partial charge in [-0.25, -0.2) is 0 Å². The number of aromatic nitrogens is 1. The van der Waals surface area contributed by atoms with Crippen molar-refractivity contribution < 1.29 is 9.21 Å². The molecule has 0 aliphatic carbocycles. The smallest absolute Gasteiger partial charge is 0.257 e. The minimum atomic E-state index is 0.00396. The van der Waals surface area contributed by atoms with Crippen LogP contribution in [0.25, 0.3) is 10.9 Å². The minimum absolute atomic E-state index is 0.00396. The van der Waals surface area contributed by atoms with Crippen molar-refractivity contribution in [3.8, 4) is 6.07 Å². The second-order valence-electron chi connectivity index (χ2n) is 6.40. The Morgan fingerprint density at radius 1 is 1.27 bits per heavy atom. The molecule has 1 fully saturated rings. The van der Waals surface area contributed by atoms with Gasteiger partial charge in [0.2, 0.25) is 0 Å². The van der Waals surface area contributed by atoms with Crippen LogP contribution in [0.5, 0.6) is 0 Å². The fourth-order valence-corrected chi connectivity index (χ4v) is 3.38. The Balaban J connectivity index is 1.49. The van der Waals surface area contributed by atoms with E-state index < -0.39 is 0 Å². The molecule has 3 heterocycles. The predicted molar refractivity (Wildman–Crippen MR) is 97.7 cm³/mol. The lowest BCUT2D eigenvalue weighted by Gasteiger charge is -2.33. The maximum Gasteiger partial charge on any atom is 0.257 e. The molecular weight excluding hydrogens is 328 g/mol. The number of likely N-dealkylation sites (tertiary alicyclic amines) is 1. The van der Waals surface area contributed by atoms with Gasteiger partial charge in [-0.1, -0.05) is 18.2 Å². The van der Waals surface area contributed by atoms with Crippen molar-refractivity contribution >= 4 is 22.5 Å². The van der Waals surface area contributed by atoms with Gasteiger partial charge in [0.1, 0.15) is 12.3 Å². The molecule has 0 radical (unpaired) electrons. The zero-order chi connectivity index (χ0) is 17.9. The number of pyridine rings is 1. The number of carbonyl (C=O) groups excluding carboxylic acids is 1. The number of hydrogen-bond acceptors (Lipinski definition) is 5. The quantitative estimate of drug-likeness (QED) is 0.786. The fraction of sp³-hybridized carbons (Fsp3) is 0.250. The van der Waals surface area contributed by atoms with E-state index in [1.165, 1.54) is 12.5 Å². The van der Waals surface area contributed by atoms with Crippen molar-refractivity contribution in [2.45, 2.75) is 18.9 Å². The molecule has 6 nitrogen and oxygen atoms in total. The summed E-state index contributed by atoms with van der Waals surface area (Å²) in [6.45, 7) is 1.35. The molecule has 3 aromatic rings. The SMILES string of the molecule is N#Cc1cnc2ccccc2c1NC1CCN(C(=O)c2ccoc2)CC1. The normalized spacial score (nSPS) is 15.0. The molecule has 130 valence electrons. The van der Waals surface area contributed by atoms with Crippen LogP contribution in [0.4, 0.5) is 5.69 Å². The third kappa shape index (κ3) is 3.00. The average Bonchev–Trinajstić information content (AvgIpc) is 3.23. The Kier molecular flexibility index (Phi) is 4.28. The van der Waals surface area contributed by atoms with Crippen molar-refractivity contribution in [2.75, 3.05) is 18.4 Å². The van der Waals surface area contributed by atoms with Gasteiger partial charge in [0, 0.05) is 30.7 Å². The van der Waals surface area contributed by atoms with Crippen LogP contribution in [-0.4, -0.2) is 34.9 Å². The van der Waals surface area contributed by atoms with Crippen molar-refractivity contribution in [2.24, 2.45) is 0 Å². The van der Waals surface area contributed by atoms with Gasteiger partial charge < -0.3 is 14.6 Å². The number of fused-ring (bicyclic) bond motifs is 1. The number of hydrogen-bond donors (Lipinski definition) is 1. The first-order valence-corrected chi connectivity index (χ1v) is 8.62. The molecule has 2 aromatic heterocycles. The molecule has 1 saturated heterocycles. The van der Waals surface area contributed by atoms with Crippen molar-refractivity contribution in [1.82, 2.24) is 9.88 Å². The molecule has 1 aliphatic heterocycles. The molecule has 0 bridgehead atoms. The molecule has 1 amide bonds. The number of para-hydroxylation sites is 1. The Morgan fingerprint density at radius 3 is 2.81 bits per heavy atom. The van der Waals surface area contributed by atoms with Gasteiger partial charge in [-0.3, -0.25) is 9.78 Å². The first-order valence-electron chi connectivity index (χ1n) is 8.62. The molecule has 0 saturated carbocycles. The van der Waals surface area contributed by atoms with E-state index in [0.717, 1.165) is 29.4 Å². The summed E-state index contributed by atoms with van der Waals surface area (Å²) < 4.78 is 5.00. The molecule has 0 atom stereocenters. The Bertz CT molecular complexity index is 967. The van der Waals surface area contributed by atoms with E-state index in [0.29, 0.717) is 24.2 Å². The summed E-state index contributed by atoms with van der Waals surface area (Å²) in [5.41, 5.74) is 2.82. The molecule has 26 heavy (non-hydrogen) atoms. The van der Waals surface area contributed by atoms with Gasteiger partial charge in [-0.15, -0.1) is 0 Å². The molecule has 6 heteroatoms. The largest absolute Gasteiger partial charge is 0.472 e. The Hall–Kier alpha value is -3.33. The molecule has 1 N–H and O–H groups in total. The molecular formula is C20H18N4O2.